The standard InChI is InChI=1S/C14H21ClFN/c1-9(2)11(10(3)17-4)8-12-13(15)6-5-7-14(12)16/h5-7,9-11,17H,8H2,1-4H3. The summed E-state index contributed by atoms with van der Waals surface area (Å²) in [6, 6.07) is 5.21. The van der Waals surface area contributed by atoms with E-state index < -0.39 is 0 Å². The molecular weight excluding hydrogens is 237 g/mol. The number of hydrogen-bond acceptors (Lipinski definition) is 1. The highest BCUT2D eigenvalue weighted by atomic mass is 35.5. The van der Waals surface area contributed by atoms with Crippen molar-refractivity contribution in [1.29, 1.82) is 0 Å². The van der Waals surface area contributed by atoms with Crippen LogP contribution in [0.4, 0.5) is 4.39 Å². The molecule has 0 saturated carbocycles. The lowest BCUT2D eigenvalue weighted by Crippen LogP contribution is -2.35. The first-order valence-corrected chi connectivity index (χ1v) is 6.45. The van der Waals surface area contributed by atoms with Crippen LogP contribution in [0.25, 0.3) is 0 Å². The maximum atomic E-state index is 13.7. The summed E-state index contributed by atoms with van der Waals surface area (Å²) in [6.07, 6.45) is 0.672. The van der Waals surface area contributed by atoms with Crippen LogP contribution in [0.2, 0.25) is 5.02 Å². The van der Waals surface area contributed by atoms with Gasteiger partial charge in [0.2, 0.25) is 0 Å². The number of halogens is 2. The van der Waals surface area contributed by atoms with E-state index in [-0.39, 0.29) is 5.82 Å². The van der Waals surface area contributed by atoms with Crippen molar-refractivity contribution in [2.24, 2.45) is 11.8 Å². The molecule has 0 aromatic heterocycles. The van der Waals surface area contributed by atoms with Gasteiger partial charge < -0.3 is 5.32 Å². The molecular formula is C14H21ClFN. The third kappa shape index (κ3) is 3.68. The quantitative estimate of drug-likeness (QED) is 0.844. The SMILES string of the molecule is CNC(C)C(Cc1c(F)cccc1Cl)C(C)C. The lowest BCUT2D eigenvalue weighted by molar-refractivity contribution is 0.297. The Balaban J connectivity index is 2.94. The first-order chi connectivity index (χ1) is 7.97. The number of nitrogens with one attached hydrogen (secondary N) is 1. The molecule has 17 heavy (non-hydrogen) atoms. The normalized spacial score (nSPS) is 15.0. The monoisotopic (exact) mass is 257 g/mol. The fraction of sp³-hybridized carbons (Fsp3) is 0.571. The second-order valence-electron chi connectivity index (χ2n) is 4.89. The van der Waals surface area contributed by atoms with Crippen LogP contribution in [0, 0.1) is 17.7 Å². The topological polar surface area (TPSA) is 12.0 Å². The molecule has 0 aliphatic rings. The summed E-state index contributed by atoms with van der Waals surface area (Å²) >= 11 is 6.07. The van der Waals surface area contributed by atoms with Gasteiger partial charge in [-0.05, 0) is 44.4 Å². The van der Waals surface area contributed by atoms with Gasteiger partial charge in [0.25, 0.3) is 0 Å². The van der Waals surface area contributed by atoms with Crippen LogP contribution in [0.15, 0.2) is 18.2 Å². The van der Waals surface area contributed by atoms with Crippen LogP contribution < -0.4 is 5.32 Å². The van der Waals surface area contributed by atoms with Crippen molar-refractivity contribution in [2.45, 2.75) is 33.2 Å². The van der Waals surface area contributed by atoms with Crippen molar-refractivity contribution in [1.82, 2.24) is 5.32 Å². The maximum absolute atomic E-state index is 13.7. The van der Waals surface area contributed by atoms with E-state index in [1.54, 1.807) is 12.1 Å². The summed E-state index contributed by atoms with van der Waals surface area (Å²) in [4.78, 5) is 0. The summed E-state index contributed by atoms with van der Waals surface area (Å²) in [5, 5.41) is 3.77. The summed E-state index contributed by atoms with van der Waals surface area (Å²) in [5.41, 5.74) is 0.634. The van der Waals surface area contributed by atoms with E-state index in [1.807, 2.05) is 7.05 Å². The van der Waals surface area contributed by atoms with E-state index in [9.17, 15) is 4.39 Å². The van der Waals surface area contributed by atoms with Crippen molar-refractivity contribution in [2.75, 3.05) is 7.05 Å². The van der Waals surface area contributed by atoms with Crippen molar-refractivity contribution in [3.8, 4) is 0 Å². The number of hydrogen-bond donors (Lipinski definition) is 1. The molecule has 0 heterocycles. The number of benzene rings is 1. The lowest BCUT2D eigenvalue weighted by Gasteiger charge is -2.27. The smallest absolute Gasteiger partial charge is 0.127 e. The van der Waals surface area contributed by atoms with Gasteiger partial charge in [-0.15, -0.1) is 0 Å². The second kappa shape index (κ2) is 6.36. The van der Waals surface area contributed by atoms with E-state index in [0.717, 1.165) is 0 Å². The van der Waals surface area contributed by atoms with Crippen LogP contribution in [0.5, 0.6) is 0 Å². The lowest BCUT2D eigenvalue weighted by atomic mass is 9.84. The predicted octanol–water partition coefficient (Wildman–Crippen LogP) is 3.90. The Kier molecular flexibility index (Phi) is 5.41. The van der Waals surface area contributed by atoms with Crippen molar-refractivity contribution in [3.05, 3.63) is 34.6 Å². The molecule has 0 radical (unpaired) electrons. The largest absolute Gasteiger partial charge is 0.317 e. The minimum Gasteiger partial charge on any atom is -0.317 e. The first kappa shape index (κ1) is 14.5. The molecule has 1 nitrogen and oxygen atoms in total. The van der Waals surface area contributed by atoms with E-state index >= 15 is 0 Å². The fourth-order valence-corrected chi connectivity index (χ4v) is 2.41. The van der Waals surface area contributed by atoms with Crippen LogP contribution in [-0.2, 0) is 6.42 Å². The van der Waals surface area contributed by atoms with Crippen molar-refractivity contribution in [3.63, 3.8) is 0 Å². The third-order valence-corrected chi connectivity index (χ3v) is 3.81. The summed E-state index contributed by atoms with van der Waals surface area (Å²) in [7, 11) is 1.93. The second-order valence-corrected chi connectivity index (χ2v) is 5.30. The van der Waals surface area contributed by atoms with E-state index in [4.69, 9.17) is 11.6 Å². The average Bonchev–Trinajstić information content (AvgIpc) is 2.27. The van der Waals surface area contributed by atoms with Gasteiger partial charge in [-0.2, -0.15) is 0 Å². The molecule has 0 aliphatic heterocycles. The van der Waals surface area contributed by atoms with Gasteiger partial charge in [0, 0.05) is 16.6 Å². The minimum atomic E-state index is -0.202. The van der Waals surface area contributed by atoms with Gasteiger partial charge in [0.1, 0.15) is 5.82 Å². The van der Waals surface area contributed by atoms with Gasteiger partial charge in [0.05, 0.1) is 0 Å². The maximum Gasteiger partial charge on any atom is 0.127 e. The highest BCUT2D eigenvalue weighted by Gasteiger charge is 2.22. The average molecular weight is 258 g/mol. The van der Waals surface area contributed by atoms with Crippen LogP contribution >= 0.6 is 11.6 Å². The Hall–Kier alpha value is -0.600. The van der Waals surface area contributed by atoms with Gasteiger partial charge in [0.15, 0.2) is 0 Å². The zero-order valence-corrected chi connectivity index (χ0v) is 11.7. The zero-order chi connectivity index (χ0) is 13.0. The van der Waals surface area contributed by atoms with E-state index in [2.05, 4.69) is 26.1 Å². The molecule has 1 rings (SSSR count). The van der Waals surface area contributed by atoms with Crippen LogP contribution in [0.1, 0.15) is 26.3 Å². The molecule has 1 aromatic carbocycles. The Morgan fingerprint density at radius 3 is 2.41 bits per heavy atom. The molecule has 1 aromatic rings. The molecule has 2 unspecified atom stereocenters. The fourth-order valence-electron chi connectivity index (χ4n) is 2.17. The molecule has 0 bridgehead atoms. The number of rotatable bonds is 5. The first-order valence-electron chi connectivity index (χ1n) is 6.07. The Labute approximate surface area is 108 Å². The molecule has 0 amide bonds. The van der Waals surface area contributed by atoms with Crippen LogP contribution in [0.3, 0.4) is 0 Å². The van der Waals surface area contributed by atoms with Crippen molar-refractivity contribution >= 4 is 11.6 Å². The van der Waals surface area contributed by atoms with Gasteiger partial charge in [-0.25, -0.2) is 4.39 Å². The Morgan fingerprint density at radius 2 is 1.94 bits per heavy atom. The van der Waals surface area contributed by atoms with Crippen LogP contribution in [-0.4, -0.2) is 13.1 Å². The molecule has 0 spiro atoms. The van der Waals surface area contributed by atoms with Gasteiger partial charge in [-0.3, -0.25) is 0 Å². The molecule has 1 N–H and O–H groups in total. The van der Waals surface area contributed by atoms with Crippen molar-refractivity contribution < 1.29 is 4.39 Å². The molecule has 96 valence electrons. The summed E-state index contributed by atoms with van der Waals surface area (Å²) in [6.45, 7) is 6.44. The highest BCUT2D eigenvalue weighted by Crippen LogP contribution is 2.27. The van der Waals surface area contributed by atoms with Gasteiger partial charge in [-0.1, -0.05) is 31.5 Å². The highest BCUT2D eigenvalue weighted by molar-refractivity contribution is 6.31. The molecule has 0 aliphatic carbocycles. The minimum absolute atomic E-state index is 0.202. The van der Waals surface area contributed by atoms with Gasteiger partial charge >= 0.3 is 0 Å². The molecule has 2 atom stereocenters. The predicted molar refractivity (Wildman–Crippen MR) is 72.0 cm³/mol. The Bertz CT molecular complexity index is 345. The zero-order valence-electron chi connectivity index (χ0n) is 10.9. The Morgan fingerprint density at radius 1 is 1.29 bits per heavy atom. The summed E-state index contributed by atoms with van der Waals surface area (Å²) < 4.78 is 13.7. The molecule has 0 fully saturated rings. The molecule has 3 heteroatoms. The van der Waals surface area contributed by atoms with E-state index in [1.165, 1.54) is 6.07 Å². The summed E-state index contributed by atoms with van der Waals surface area (Å²) in [5.74, 6) is 0.647. The third-order valence-electron chi connectivity index (χ3n) is 3.46. The van der Waals surface area contributed by atoms with E-state index in [0.29, 0.717) is 34.9 Å². The molecule has 0 saturated heterocycles.